The third-order valence-electron chi connectivity index (χ3n) is 1.31. The molecule has 1 rings (SSSR count). The second kappa shape index (κ2) is 3.39. The van der Waals surface area contributed by atoms with Gasteiger partial charge in [-0.3, -0.25) is 4.98 Å². The molecule has 0 aliphatic carbocycles. The largest absolute Gasteiger partial charge is 0.389 e. The molecule has 1 atom stereocenters. The highest BCUT2D eigenvalue weighted by atomic mass is 35.5. The van der Waals surface area contributed by atoms with Crippen LogP contribution in [0.25, 0.3) is 0 Å². The van der Waals surface area contributed by atoms with E-state index in [2.05, 4.69) is 4.98 Å². The first-order valence-corrected chi connectivity index (χ1v) is 3.85. The number of aliphatic hydroxyl groups is 1. The van der Waals surface area contributed by atoms with E-state index in [1.165, 1.54) is 12.4 Å². The van der Waals surface area contributed by atoms with Crippen LogP contribution in [0.1, 0.15) is 18.6 Å². The van der Waals surface area contributed by atoms with E-state index in [1.807, 2.05) is 0 Å². The molecule has 1 heterocycles. The summed E-state index contributed by atoms with van der Waals surface area (Å²) in [5.41, 5.74) is 0.555. The van der Waals surface area contributed by atoms with E-state index in [0.717, 1.165) is 0 Å². The first-order valence-electron chi connectivity index (χ1n) is 3.10. The van der Waals surface area contributed by atoms with Crippen LogP contribution in [0.4, 0.5) is 0 Å². The van der Waals surface area contributed by atoms with Crippen molar-refractivity contribution in [2.75, 3.05) is 0 Å². The summed E-state index contributed by atoms with van der Waals surface area (Å²) in [6.45, 7) is 1.61. The van der Waals surface area contributed by atoms with Gasteiger partial charge in [-0.1, -0.05) is 23.2 Å². The molecule has 0 aromatic carbocycles. The molecule has 1 N–H and O–H groups in total. The summed E-state index contributed by atoms with van der Waals surface area (Å²) in [6.07, 6.45) is 2.31. The third kappa shape index (κ3) is 1.83. The first kappa shape index (κ1) is 8.78. The maximum atomic E-state index is 9.15. The van der Waals surface area contributed by atoms with Gasteiger partial charge in [0.1, 0.15) is 0 Å². The van der Waals surface area contributed by atoms with Crippen molar-refractivity contribution in [1.29, 1.82) is 0 Å². The predicted molar refractivity (Wildman–Crippen MR) is 44.9 cm³/mol. The number of aromatic nitrogens is 1. The fourth-order valence-corrected chi connectivity index (χ4v) is 1.15. The molecule has 1 aromatic heterocycles. The predicted octanol–water partition coefficient (Wildman–Crippen LogP) is 2.44. The molecule has 1 aromatic rings. The number of hydrogen-bond acceptors (Lipinski definition) is 2. The number of nitrogens with zero attached hydrogens (tertiary/aromatic N) is 1. The van der Waals surface area contributed by atoms with E-state index in [-0.39, 0.29) is 0 Å². The van der Waals surface area contributed by atoms with Gasteiger partial charge in [0.25, 0.3) is 0 Å². The smallest absolute Gasteiger partial charge is 0.0792 e. The van der Waals surface area contributed by atoms with Crippen molar-refractivity contribution in [3.8, 4) is 0 Å². The Morgan fingerprint density at radius 1 is 1.45 bits per heavy atom. The van der Waals surface area contributed by atoms with Crippen molar-refractivity contribution in [1.82, 2.24) is 4.98 Å². The lowest BCUT2D eigenvalue weighted by Crippen LogP contribution is -1.93. The Labute approximate surface area is 74.8 Å². The fourth-order valence-electron chi connectivity index (χ4n) is 0.726. The van der Waals surface area contributed by atoms with Gasteiger partial charge in [0.15, 0.2) is 0 Å². The lowest BCUT2D eigenvalue weighted by Gasteiger charge is -2.06. The zero-order chi connectivity index (χ0) is 8.43. The maximum Gasteiger partial charge on any atom is 0.0792 e. The standard InChI is InChI=1S/C7H7Cl2NO/c1-4(11)5-2-10-3-6(8)7(5)9/h2-4,11H,1H3. The number of pyridine rings is 1. The molecule has 60 valence electrons. The normalized spacial score (nSPS) is 13.1. The highest BCUT2D eigenvalue weighted by Gasteiger charge is 2.08. The molecule has 0 amide bonds. The SMILES string of the molecule is CC(O)c1cncc(Cl)c1Cl. The molecular weight excluding hydrogens is 185 g/mol. The summed E-state index contributed by atoms with van der Waals surface area (Å²) in [4.78, 5) is 3.79. The maximum absolute atomic E-state index is 9.15. The Morgan fingerprint density at radius 3 is 2.55 bits per heavy atom. The quantitative estimate of drug-likeness (QED) is 0.741. The van der Waals surface area contributed by atoms with Crippen molar-refractivity contribution >= 4 is 23.2 Å². The first-order chi connectivity index (χ1) is 5.13. The summed E-state index contributed by atoms with van der Waals surface area (Å²) >= 11 is 11.4. The minimum atomic E-state index is -0.631. The van der Waals surface area contributed by atoms with Crippen LogP contribution in [-0.4, -0.2) is 10.1 Å². The lowest BCUT2D eigenvalue weighted by atomic mass is 10.2. The van der Waals surface area contributed by atoms with Crippen LogP contribution < -0.4 is 0 Å². The Morgan fingerprint density at radius 2 is 2.09 bits per heavy atom. The van der Waals surface area contributed by atoms with Crippen LogP contribution in [-0.2, 0) is 0 Å². The van der Waals surface area contributed by atoms with Crippen LogP contribution >= 0.6 is 23.2 Å². The van der Waals surface area contributed by atoms with E-state index in [1.54, 1.807) is 6.92 Å². The van der Waals surface area contributed by atoms with Crippen LogP contribution in [0.2, 0.25) is 10.0 Å². The average Bonchev–Trinajstić information content (AvgIpc) is 1.94. The minimum absolute atomic E-state index is 0.366. The van der Waals surface area contributed by atoms with Crippen LogP contribution in [0.15, 0.2) is 12.4 Å². The van der Waals surface area contributed by atoms with Crippen molar-refractivity contribution < 1.29 is 5.11 Å². The zero-order valence-corrected chi connectivity index (χ0v) is 7.39. The van der Waals surface area contributed by atoms with Gasteiger partial charge in [-0.05, 0) is 6.92 Å². The molecule has 0 saturated heterocycles. The Bertz CT molecular complexity index is 263. The van der Waals surface area contributed by atoms with E-state index >= 15 is 0 Å². The molecule has 0 bridgehead atoms. The second-order valence-electron chi connectivity index (χ2n) is 2.20. The van der Waals surface area contributed by atoms with Crippen LogP contribution in [0.5, 0.6) is 0 Å². The molecule has 0 saturated carbocycles. The molecule has 4 heteroatoms. The molecule has 0 aliphatic rings. The van der Waals surface area contributed by atoms with Crippen LogP contribution in [0, 0.1) is 0 Å². The van der Waals surface area contributed by atoms with E-state index in [0.29, 0.717) is 15.6 Å². The van der Waals surface area contributed by atoms with Gasteiger partial charge >= 0.3 is 0 Å². The summed E-state index contributed by atoms with van der Waals surface area (Å²) in [7, 11) is 0. The number of hydrogen-bond donors (Lipinski definition) is 1. The molecule has 0 radical (unpaired) electrons. The monoisotopic (exact) mass is 191 g/mol. The van der Waals surface area contributed by atoms with E-state index < -0.39 is 6.10 Å². The van der Waals surface area contributed by atoms with Gasteiger partial charge in [0, 0.05) is 18.0 Å². The third-order valence-corrected chi connectivity index (χ3v) is 2.12. The fraction of sp³-hybridized carbons (Fsp3) is 0.286. The van der Waals surface area contributed by atoms with E-state index in [4.69, 9.17) is 28.3 Å². The summed E-state index contributed by atoms with van der Waals surface area (Å²) in [6, 6.07) is 0. The number of rotatable bonds is 1. The Hall–Kier alpha value is -0.310. The highest BCUT2D eigenvalue weighted by molar-refractivity contribution is 6.42. The summed E-state index contributed by atoms with van der Waals surface area (Å²) < 4.78 is 0. The molecular formula is C7H7Cl2NO. The summed E-state index contributed by atoms with van der Waals surface area (Å²) in [5.74, 6) is 0. The Kier molecular flexibility index (Phi) is 2.71. The van der Waals surface area contributed by atoms with Gasteiger partial charge in [0.05, 0.1) is 16.1 Å². The van der Waals surface area contributed by atoms with Crippen molar-refractivity contribution in [3.63, 3.8) is 0 Å². The van der Waals surface area contributed by atoms with Gasteiger partial charge in [0.2, 0.25) is 0 Å². The molecule has 11 heavy (non-hydrogen) atoms. The number of halogens is 2. The summed E-state index contributed by atoms with van der Waals surface area (Å²) in [5, 5.41) is 9.88. The molecule has 0 spiro atoms. The number of aliphatic hydroxyl groups excluding tert-OH is 1. The molecule has 0 aliphatic heterocycles. The van der Waals surface area contributed by atoms with Gasteiger partial charge in [-0.25, -0.2) is 0 Å². The second-order valence-corrected chi connectivity index (χ2v) is 2.99. The van der Waals surface area contributed by atoms with Gasteiger partial charge in [-0.15, -0.1) is 0 Å². The average molecular weight is 192 g/mol. The lowest BCUT2D eigenvalue weighted by molar-refractivity contribution is 0.199. The van der Waals surface area contributed by atoms with Gasteiger partial charge in [-0.2, -0.15) is 0 Å². The topological polar surface area (TPSA) is 33.1 Å². The molecule has 1 unspecified atom stereocenters. The highest BCUT2D eigenvalue weighted by Crippen LogP contribution is 2.28. The van der Waals surface area contributed by atoms with Crippen LogP contribution in [0.3, 0.4) is 0 Å². The van der Waals surface area contributed by atoms with Crippen molar-refractivity contribution in [3.05, 3.63) is 28.0 Å². The minimum Gasteiger partial charge on any atom is -0.389 e. The van der Waals surface area contributed by atoms with Crippen molar-refractivity contribution in [2.24, 2.45) is 0 Å². The molecule has 2 nitrogen and oxygen atoms in total. The van der Waals surface area contributed by atoms with Crippen molar-refractivity contribution in [2.45, 2.75) is 13.0 Å². The molecule has 0 fully saturated rings. The van der Waals surface area contributed by atoms with E-state index in [9.17, 15) is 0 Å². The Balaban J connectivity index is 3.17. The zero-order valence-electron chi connectivity index (χ0n) is 5.88. The van der Waals surface area contributed by atoms with Gasteiger partial charge < -0.3 is 5.11 Å².